The molecule has 2 rings (SSSR count). The van der Waals surface area contributed by atoms with Crippen molar-refractivity contribution >= 4 is 5.91 Å². The zero-order valence-corrected chi connectivity index (χ0v) is 14.2. The van der Waals surface area contributed by atoms with E-state index < -0.39 is 17.2 Å². The molecule has 2 aromatic carbocycles. The van der Waals surface area contributed by atoms with Crippen molar-refractivity contribution in [3.8, 4) is 0 Å². The molecule has 0 aliphatic heterocycles. The van der Waals surface area contributed by atoms with E-state index in [1.54, 1.807) is 44.2 Å². The van der Waals surface area contributed by atoms with Crippen LogP contribution in [0.5, 0.6) is 0 Å². The monoisotopic (exact) mass is 350 g/mol. The fraction of sp³-hybridized carbons (Fsp3) is 0.316. The highest BCUT2D eigenvalue weighted by Gasteiger charge is 2.32. The molecule has 0 atom stereocenters. The van der Waals surface area contributed by atoms with Crippen molar-refractivity contribution in [2.24, 2.45) is 5.73 Å². The molecular weight excluding hydrogens is 329 g/mol. The Hall–Kier alpha value is -2.34. The maximum atomic E-state index is 12.9. The standard InChI is InChI=1S/C19H21F3N2O/c1-18(2,15-4-3-5-16(10-15)19(20,21)22)12-24-17(25)14-8-6-13(11-23)7-9-14/h3-10H,11-12,23H2,1-2H3,(H,24,25). The summed E-state index contributed by atoms with van der Waals surface area (Å²) in [6.07, 6.45) is -4.39. The summed E-state index contributed by atoms with van der Waals surface area (Å²) in [5.41, 5.74) is 6.10. The van der Waals surface area contributed by atoms with E-state index in [1.165, 1.54) is 6.07 Å². The van der Waals surface area contributed by atoms with E-state index in [4.69, 9.17) is 5.73 Å². The van der Waals surface area contributed by atoms with Crippen LogP contribution in [-0.2, 0) is 18.1 Å². The number of benzene rings is 2. The van der Waals surface area contributed by atoms with Crippen molar-refractivity contribution in [2.45, 2.75) is 32.0 Å². The lowest BCUT2D eigenvalue weighted by Gasteiger charge is -2.26. The van der Waals surface area contributed by atoms with Gasteiger partial charge < -0.3 is 11.1 Å². The van der Waals surface area contributed by atoms with Crippen molar-refractivity contribution in [3.63, 3.8) is 0 Å². The first kappa shape index (κ1) is 19.0. The van der Waals surface area contributed by atoms with Gasteiger partial charge in [-0.25, -0.2) is 0 Å². The quantitative estimate of drug-likeness (QED) is 0.860. The van der Waals surface area contributed by atoms with Gasteiger partial charge in [-0.2, -0.15) is 13.2 Å². The van der Waals surface area contributed by atoms with Gasteiger partial charge in [0.25, 0.3) is 5.91 Å². The second-order valence-corrected chi connectivity index (χ2v) is 6.55. The maximum Gasteiger partial charge on any atom is 0.416 e. The molecule has 1 amide bonds. The van der Waals surface area contributed by atoms with Crippen LogP contribution in [0.15, 0.2) is 48.5 Å². The number of halogens is 3. The van der Waals surface area contributed by atoms with Crippen LogP contribution in [0.1, 0.15) is 40.9 Å². The Kier molecular flexibility index (Phi) is 5.52. The first-order valence-corrected chi connectivity index (χ1v) is 7.88. The third-order valence-corrected chi connectivity index (χ3v) is 4.11. The Labute approximate surface area is 145 Å². The summed E-state index contributed by atoms with van der Waals surface area (Å²) in [6, 6.07) is 12.1. The highest BCUT2D eigenvalue weighted by Crippen LogP contribution is 2.32. The molecule has 0 aromatic heterocycles. The highest BCUT2D eigenvalue weighted by molar-refractivity contribution is 5.94. The molecule has 0 aliphatic rings. The zero-order valence-electron chi connectivity index (χ0n) is 14.2. The maximum absolute atomic E-state index is 12.9. The summed E-state index contributed by atoms with van der Waals surface area (Å²) in [5.74, 6) is -0.274. The lowest BCUT2D eigenvalue weighted by Crippen LogP contribution is -2.36. The molecular formula is C19H21F3N2O. The van der Waals surface area contributed by atoms with Crippen LogP contribution in [0.2, 0.25) is 0 Å². The second-order valence-electron chi connectivity index (χ2n) is 6.55. The van der Waals surface area contributed by atoms with Gasteiger partial charge in [-0.1, -0.05) is 44.2 Å². The molecule has 0 fully saturated rings. The normalized spacial score (nSPS) is 12.1. The number of hydrogen-bond donors (Lipinski definition) is 2. The molecule has 0 unspecified atom stereocenters. The molecule has 0 aliphatic carbocycles. The summed E-state index contributed by atoms with van der Waals surface area (Å²) in [6.45, 7) is 4.19. The molecule has 3 nitrogen and oxygen atoms in total. The molecule has 134 valence electrons. The minimum atomic E-state index is -4.39. The number of hydrogen-bond acceptors (Lipinski definition) is 2. The van der Waals surface area contributed by atoms with Gasteiger partial charge in [0.15, 0.2) is 0 Å². The minimum absolute atomic E-state index is 0.214. The Morgan fingerprint density at radius 2 is 1.64 bits per heavy atom. The van der Waals surface area contributed by atoms with Crippen LogP contribution in [0, 0.1) is 0 Å². The molecule has 25 heavy (non-hydrogen) atoms. The Morgan fingerprint density at radius 1 is 1.04 bits per heavy atom. The van der Waals surface area contributed by atoms with Crippen molar-refractivity contribution in [2.75, 3.05) is 6.54 Å². The van der Waals surface area contributed by atoms with E-state index >= 15 is 0 Å². The van der Waals surface area contributed by atoms with Crippen molar-refractivity contribution in [1.82, 2.24) is 5.32 Å². The fourth-order valence-corrected chi connectivity index (χ4v) is 2.41. The number of rotatable bonds is 5. The van der Waals surface area contributed by atoms with Crippen LogP contribution in [0.25, 0.3) is 0 Å². The Morgan fingerprint density at radius 3 is 2.20 bits per heavy atom. The molecule has 0 spiro atoms. The van der Waals surface area contributed by atoms with E-state index in [0.29, 0.717) is 17.7 Å². The van der Waals surface area contributed by atoms with Gasteiger partial charge in [0, 0.05) is 24.1 Å². The lowest BCUT2D eigenvalue weighted by molar-refractivity contribution is -0.137. The third-order valence-electron chi connectivity index (χ3n) is 4.11. The van der Waals surface area contributed by atoms with Gasteiger partial charge in [0.05, 0.1) is 5.56 Å². The smallest absolute Gasteiger partial charge is 0.351 e. The van der Waals surface area contributed by atoms with Gasteiger partial charge in [-0.05, 0) is 29.3 Å². The first-order valence-electron chi connectivity index (χ1n) is 7.88. The predicted molar refractivity (Wildman–Crippen MR) is 91.1 cm³/mol. The number of amides is 1. The van der Waals surface area contributed by atoms with E-state index in [1.807, 2.05) is 0 Å². The largest absolute Gasteiger partial charge is 0.416 e. The molecule has 0 bridgehead atoms. The van der Waals surface area contributed by atoms with Crippen LogP contribution in [0.3, 0.4) is 0 Å². The predicted octanol–water partition coefficient (Wildman–Crippen LogP) is 3.87. The average Bonchev–Trinajstić information content (AvgIpc) is 2.59. The van der Waals surface area contributed by atoms with Crippen LogP contribution in [-0.4, -0.2) is 12.5 Å². The molecule has 0 saturated heterocycles. The van der Waals surface area contributed by atoms with E-state index in [2.05, 4.69) is 5.32 Å². The summed E-state index contributed by atoms with van der Waals surface area (Å²) >= 11 is 0. The van der Waals surface area contributed by atoms with Gasteiger partial charge in [0.2, 0.25) is 0 Å². The molecule has 6 heteroatoms. The summed E-state index contributed by atoms with van der Waals surface area (Å²) < 4.78 is 38.6. The van der Waals surface area contributed by atoms with Crippen LogP contribution < -0.4 is 11.1 Å². The topological polar surface area (TPSA) is 55.1 Å². The number of alkyl halides is 3. The number of nitrogens with one attached hydrogen (secondary N) is 1. The molecule has 2 aromatic rings. The lowest BCUT2D eigenvalue weighted by atomic mass is 9.83. The minimum Gasteiger partial charge on any atom is -0.351 e. The fourth-order valence-electron chi connectivity index (χ4n) is 2.41. The van der Waals surface area contributed by atoms with Gasteiger partial charge in [0.1, 0.15) is 0 Å². The van der Waals surface area contributed by atoms with E-state index in [0.717, 1.165) is 17.7 Å². The van der Waals surface area contributed by atoms with Crippen molar-refractivity contribution in [1.29, 1.82) is 0 Å². The summed E-state index contributed by atoms with van der Waals surface area (Å²) in [4.78, 5) is 12.2. The van der Waals surface area contributed by atoms with Crippen LogP contribution in [0.4, 0.5) is 13.2 Å². The Balaban J connectivity index is 2.09. The Bertz CT molecular complexity index is 737. The van der Waals surface area contributed by atoms with E-state index in [-0.39, 0.29) is 12.5 Å². The number of carbonyl (C=O) groups excluding carboxylic acids is 1. The first-order chi connectivity index (χ1) is 11.6. The van der Waals surface area contributed by atoms with Gasteiger partial charge in [-0.3, -0.25) is 4.79 Å². The summed E-state index contributed by atoms with van der Waals surface area (Å²) in [5, 5.41) is 2.78. The summed E-state index contributed by atoms with van der Waals surface area (Å²) in [7, 11) is 0. The third kappa shape index (κ3) is 4.82. The average molecular weight is 350 g/mol. The second kappa shape index (κ2) is 7.27. The van der Waals surface area contributed by atoms with Gasteiger partial charge in [-0.15, -0.1) is 0 Å². The number of nitrogens with two attached hydrogens (primary N) is 1. The highest BCUT2D eigenvalue weighted by atomic mass is 19.4. The van der Waals surface area contributed by atoms with Crippen LogP contribution >= 0.6 is 0 Å². The molecule has 0 saturated carbocycles. The molecule has 0 radical (unpaired) electrons. The SMILES string of the molecule is CC(C)(CNC(=O)c1ccc(CN)cc1)c1cccc(C(F)(F)F)c1. The number of carbonyl (C=O) groups is 1. The zero-order chi connectivity index (χ0) is 18.7. The van der Waals surface area contributed by atoms with E-state index in [9.17, 15) is 18.0 Å². The van der Waals surface area contributed by atoms with Gasteiger partial charge >= 0.3 is 6.18 Å². The van der Waals surface area contributed by atoms with Crippen molar-refractivity contribution < 1.29 is 18.0 Å². The molecule has 3 N–H and O–H groups in total. The van der Waals surface area contributed by atoms with Crippen molar-refractivity contribution in [3.05, 3.63) is 70.8 Å². The molecule has 0 heterocycles.